The molecule has 2 N–H and O–H groups in total. The van der Waals surface area contributed by atoms with Crippen LogP contribution < -0.4 is 19.7 Å². The number of carbonyl (C=O) groups excluding carboxylic acids is 1. The maximum Gasteiger partial charge on any atom is 0.263 e. The highest BCUT2D eigenvalue weighted by Crippen LogP contribution is 2.47. The Labute approximate surface area is 294 Å². The lowest BCUT2D eigenvalue weighted by atomic mass is 9.63. The quantitative estimate of drug-likeness (QED) is 0.361. The van der Waals surface area contributed by atoms with Gasteiger partial charge in [0.25, 0.3) is 5.91 Å². The minimum Gasteiger partial charge on any atom is -0.491 e. The highest BCUT2D eigenvalue weighted by atomic mass is 35.5. The first-order chi connectivity index (χ1) is 23.2. The van der Waals surface area contributed by atoms with E-state index < -0.39 is 16.6 Å². The number of nitrogens with one attached hydrogen (secondary N) is 2. The van der Waals surface area contributed by atoms with Crippen molar-refractivity contribution < 1.29 is 18.5 Å². The number of rotatable bonds is 6. The van der Waals surface area contributed by atoms with Crippen LogP contribution in [0.25, 0.3) is 0 Å². The first-order valence-corrected chi connectivity index (χ1v) is 19.5. The van der Waals surface area contributed by atoms with Gasteiger partial charge in [0.15, 0.2) is 0 Å². The molecule has 0 radical (unpaired) electrons. The summed E-state index contributed by atoms with van der Waals surface area (Å²) in [6, 6.07) is 11.9. The summed E-state index contributed by atoms with van der Waals surface area (Å²) < 4.78 is 29.4. The second-order valence-corrected chi connectivity index (χ2v) is 16.3. The average Bonchev–Trinajstić information content (AvgIpc) is 3.25. The number of benzene rings is 2. The van der Waals surface area contributed by atoms with Crippen LogP contribution in [0.1, 0.15) is 73.9 Å². The first-order valence-electron chi connectivity index (χ1n) is 17.9. The van der Waals surface area contributed by atoms with Gasteiger partial charge in [-0.05, 0) is 91.8 Å². The number of anilines is 1. The van der Waals surface area contributed by atoms with Gasteiger partial charge in [0.1, 0.15) is 22.3 Å². The Morgan fingerprint density at radius 3 is 2.65 bits per heavy atom. The third-order valence-corrected chi connectivity index (χ3v) is 13.1. The van der Waals surface area contributed by atoms with Gasteiger partial charge in [-0.15, -0.1) is 0 Å². The van der Waals surface area contributed by atoms with Crippen LogP contribution in [-0.4, -0.2) is 85.4 Å². The van der Waals surface area contributed by atoms with E-state index in [1.54, 1.807) is 6.07 Å². The average molecular weight is 697 g/mol. The molecule has 2 bridgehead atoms. The number of hydrogen-bond acceptors (Lipinski definition) is 7. The number of carbonyl (C=O) groups is 1. The van der Waals surface area contributed by atoms with Crippen LogP contribution in [0.4, 0.5) is 5.69 Å². The van der Waals surface area contributed by atoms with Gasteiger partial charge in [0, 0.05) is 69.4 Å². The van der Waals surface area contributed by atoms with Gasteiger partial charge in [0.05, 0.1) is 17.5 Å². The van der Waals surface area contributed by atoms with Gasteiger partial charge in [-0.3, -0.25) is 14.4 Å². The zero-order valence-electron chi connectivity index (χ0n) is 29.0. The number of halogens is 1. The molecule has 7 atom stereocenters. The molecule has 2 aromatic carbocycles. The SMILES string of the molecule is CCCc1cc(Cl)ccc1C1COc2ccc3cc2N(C1)CC1CCC1C(CN1CCNCC1)(OC)/C=C/CC(C)C(C)S(=O)NC3=O. The number of fused-ring (bicyclic) bond motifs is 2. The Balaban J connectivity index is 1.40. The summed E-state index contributed by atoms with van der Waals surface area (Å²) in [5, 5.41) is 4.04. The lowest BCUT2D eigenvalue weighted by Crippen LogP contribution is -2.58. The van der Waals surface area contributed by atoms with Crippen molar-refractivity contribution in [2.75, 3.05) is 64.4 Å². The molecule has 10 heteroatoms. The van der Waals surface area contributed by atoms with Gasteiger partial charge in [-0.1, -0.05) is 50.1 Å². The first kappa shape index (κ1) is 35.4. The van der Waals surface area contributed by atoms with Crippen molar-refractivity contribution in [2.24, 2.45) is 17.8 Å². The molecule has 1 aliphatic carbocycles. The maximum absolute atomic E-state index is 13.5. The van der Waals surface area contributed by atoms with E-state index in [1.807, 2.05) is 32.2 Å². The molecular formula is C38H53ClN4O4S. The van der Waals surface area contributed by atoms with Crippen molar-refractivity contribution in [3.8, 4) is 5.75 Å². The van der Waals surface area contributed by atoms with Crippen LogP contribution in [0.5, 0.6) is 5.75 Å². The molecule has 1 amide bonds. The molecule has 6 rings (SSSR count). The molecule has 2 aromatic rings. The maximum atomic E-state index is 13.5. The zero-order chi connectivity index (χ0) is 33.8. The third kappa shape index (κ3) is 7.65. The Morgan fingerprint density at radius 1 is 1.10 bits per heavy atom. The second kappa shape index (κ2) is 15.6. The van der Waals surface area contributed by atoms with E-state index in [4.69, 9.17) is 21.1 Å². The predicted molar refractivity (Wildman–Crippen MR) is 196 cm³/mol. The third-order valence-electron chi connectivity index (χ3n) is 11.3. The molecule has 3 aliphatic heterocycles. The fraction of sp³-hybridized carbons (Fsp3) is 0.605. The van der Waals surface area contributed by atoms with Gasteiger partial charge >= 0.3 is 0 Å². The highest BCUT2D eigenvalue weighted by molar-refractivity contribution is 7.84. The molecule has 1 saturated carbocycles. The van der Waals surface area contributed by atoms with Crippen LogP contribution in [-0.2, 0) is 22.1 Å². The molecule has 4 aliphatic rings. The molecule has 7 unspecified atom stereocenters. The molecule has 48 heavy (non-hydrogen) atoms. The van der Waals surface area contributed by atoms with E-state index in [0.29, 0.717) is 24.0 Å². The molecule has 1 saturated heterocycles. The van der Waals surface area contributed by atoms with Gasteiger partial charge in [-0.2, -0.15) is 0 Å². The minimum absolute atomic E-state index is 0.111. The number of nitrogens with zero attached hydrogens (tertiary/aromatic N) is 2. The van der Waals surface area contributed by atoms with Crippen molar-refractivity contribution in [3.63, 3.8) is 0 Å². The van der Waals surface area contributed by atoms with E-state index in [2.05, 4.69) is 58.0 Å². The number of hydrogen-bond donors (Lipinski definition) is 2. The summed E-state index contributed by atoms with van der Waals surface area (Å²) in [4.78, 5) is 18.5. The molecule has 2 fully saturated rings. The summed E-state index contributed by atoms with van der Waals surface area (Å²) >= 11 is 6.48. The van der Waals surface area contributed by atoms with Crippen LogP contribution in [0.3, 0.4) is 0 Å². The number of amides is 1. The summed E-state index contributed by atoms with van der Waals surface area (Å²) in [6.07, 6.45) is 9.55. The van der Waals surface area contributed by atoms with E-state index in [1.165, 1.54) is 11.1 Å². The normalized spacial score (nSPS) is 32.3. The molecule has 0 aromatic heterocycles. The molecule has 262 valence electrons. The van der Waals surface area contributed by atoms with Crippen molar-refractivity contribution in [3.05, 3.63) is 70.3 Å². The number of aryl methyl sites for hydroxylation is 1. The number of ether oxygens (including phenoxy) is 2. The van der Waals surface area contributed by atoms with Gasteiger partial charge in [-0.25, -0.2) is 4.21 Å². The molecular weight excluding hydrogens is 644 g/mol. The van der Waals surface area contributed by atoms with E-state index in [-0.39, 0.29) is 23.0 Å². The summed E-state index contributed by atoms with van der Waals surface area (Å²) in [6.45, 7) is 13.2. The van der Waals surface area contributed by atoms with Crippen LogP contribution in [0.15, 0.2) is 48.6 Å². The monoisotopic (exact) mass is 696 g/mol. The van der Waals surface area contributed by atoms with E-state index in [0.717, 1.165) is 94.4 Å². The molecule has 8 nitrogen and oxygen atoms in total. The second-order valence-electron chi connectivity index (χ2n) is 14.4. The van der Waals surface area contributed by atoms with Gasteiger partial charge in [0.2, 0.25) is 0 Å². The predicted octanol–water partition coefficient (Wildman–Crippen LogP) is 5.97. The van der Waals surface area contributed by atoms with Crippen molar-refractivity contribution in [1.82, 2.24) is 14.9 Å². The lowest BCUT2D eigenvalue weighted by Gasteiger charge is -2.51. The minimum atomic E-state index is -1.53. The Hall–Kier alpha value is -2.43. The fourth-order valence-electron chi connectivity index (χ4n) is 8.09. The van der Waals surface area contributed by atoms with Crippen LogP contribution >= 0.6 is 11.6 Å². The van der Waals surface area contributed by atoms with Crippen molar-refractivity contribution in [1.29, 1.82) is 0 Å². The highest BCUT2D eigenvalue weighted by Gasteiger charge is 2.48. The van der Waals surface area contributed by atoms with Crippen LogP contribution in [0.2, 0.25) is 5.02 Å². The summed E-state index contributed by atoms with van der Waals surface area (Å²) in [5.74, 6) is 1.43. The Morgan fingerprint density at radius 2 is 1.92 bits per heavy atom. The number of allylic oxidation sites excluding steroid dienone is 1. The smallest absolute Gasteiger partial charge is 0.263 e. The lowest BCUT2D eigenvalue weighted by molar-refractivity contribution is -0.0924. The zero-order valence-corrected chi connectivity index (χ0v) is 30.6. The Bertz CT molecular complexity index is 1500. The van der Waals surface area contributed by atoms with Crippen molar-refractivity contribution in [2.45, 2.75) is 69.6 Å². The van der Waals surface area contributed by atoms with Gasteiger partial charge < -0.3 is 19.7 Å². The molecule has 0 spiro atoms. The van der Waals surface area contributed by atoms with Crippen molar-refractivity contribution >= 4 is 34.2 Å². The van der Waals surface area contributed by atoms with E-state index >= 15 is 0 Å². The fourth-order valence-corrected chi connectivity index (χ4v) is 9.31. The van der Waals surface area contributed by atoms with E-state index in [9.17, 15) is 9.00 Å². The topological polar surface area (TPSA) is 83.1 Å². The summed E-state index contributed by atoms with van der Waals surface area (Å²) in [5.41, 5.74) is 3.53. The number of piperazine rings is 1. The number of methoxy groups -OCH3 is 1. The van der Waals surface area contributed by atoms with Crippen LogP contribution in [0, 0.1) is 17.8 Å². The summed E-state index contributed by atoms with van der Waals surface area (Å²) in [7, 11) is 0.345. The largest absolute Gasteiger partial charge is 0.491 e. The molecule has 3 heterocycles. The standard InChI is InChI=1S/C38H53ClN4O4S/c1-5-7-28-20-32(39)11-12-33(28)31-23-43-22-30-9-13-34(30)38(46-4,25-42-18-16-40-17-19-42)15-6-8-26(2)27(3)48(45)41-37(44)29-10-14-36(47-24-31)35(43)21-29/h6,10-12,14-15,20-21,26-27,30-31,34,40H,5,7-9,13,16-19,22-25H2,1-4H3,(H,41,44)/b15-6+. The Kier molecular flexibility index (Phi) is 11.5.